The fourth-order valence-electron chi connectivity index (χ4n) is 4.96. The van der Waals surface area contributed by atoms with Crippen molar-refractivity contribution in [2.24, 2.45) is 11.8 Å². The third kappa shape index (κ3) is 7.85. The maximum atomic E-state index is 12.7. The lowest BCUT2D eigenvalue weighted by molar-refractivity contribution is -0.140. The molecule has 4 heteroatoms. The van der Waals surface area contributed by atoms with E-state index in [0.29, 0.717) is 11.3 Å². The molecule has 0 aliphatic heterocycles. The Kier molecular flexibility index (Phi) is 10.4. The van der Waals surface area contributed by atoms with Gasteiger partial charge in [-0.15, -0.1) is 0 Å². The zero-order valence-electron chi connectivity index (χ0n) is 21.3. The summed E-state index contributed by atoms with van der Waals surface area (Å²) in [6.07, 6.45) is 13.5. The Hall–Kier alpha value is -2.36. The van der Waals surface area contributed by atoms with Gasteiger partial charge in [-0.25, -0.2) is 4.79 Å². The summed E-state index contributed by atoms with van der Waals surface area (Å²) in [6.45, 7) is 6.38. The van der Waals surface area contributed by atoms with Gasteiger partial charge in [0, 0.05) is 0 Å². The summed E-state index contributed by atoms with van der Waals surface area (Å²) in [4.78, 5) is 25.3. The van der Waals surface area contributed by atoms with Crippen LogP contribution >= 0.6 is 0 Å². The number of rotatable bonds is 12. The van der Waals surface area contributed by atoms with Crippen LogP contribution in [-0.2, 0) is 9.53 Å². The molecule has 34 heavy (non-hydrogen) atoms. The van der Waals surface area contributed by atoms with Crippen LogP contribution in [0.2, 0.25) is 0 Å². The van der Waals surface area contributed by atoms with Crippen molar-refractivity contribution in [3.63, 3.8) is 0 Å². The van der Waals surface area contributed by atoms with E-state index in [0.717, 1.165) is 55.2 Å². The van der Waals surface area contributed by atoms with Gasteiger partial charge >= 0.3 is 11.9 Å². The summed E-state index contributed by atoms with van der Waals surface area (Å²) in [7, 11) is 0. The molecule has 1 atom stereocenters. The van der Waals surface area contributed by atoms with Crippen molar-refractivity contribution in [3.05, 3.63) is 42.0 Å². The van der Waals surface area contributed by atoms with Gasteiger partial charge in [-0.2, -0.15) is 0 Å². The Morgan fingerprint density at radius 3 is 2.32 bits per heavy atom. The maximum absolute atomic E-state index is 12.7. The van der Waals surface area contributed by atoms with Crippen LogP contribution in [0.1, 0.15) is 108 Å². The number of carbonyl (C=O) groups is 2. The zero-order chi connectivity index (χ0) is 24.3. The molecule has 3 rings (SSSR count). The van der Waals surface area contributed by atoms with Gasteiger partial charge in [-0.3, -0.25) is 4.79 Å². The van der Waals surface area contributed by atoms with E-state index >= 15 is 0 Å². The predicted molar refractivity (Wildman–Crippen MR) is 138 cm³/mol. The molecule has 0 heterocycles. The van der Waals surface area contributed by atoms with E-state index in [1.54, 1.807) is 6.07 Å². The van der Waals surface area contributed by atoms with E-state index in [4.69, 9.17) is 9.47 Å². The Morgan fingerprint density at radius 2 is 1.59 bits per heavy atom. The number of hydrogen-bond acceptors (Lipinski definition) is 4. The van der Waals surface area contributed by atoms with Gasteiger partial charge in [-0.05, 0) is 86.4 Å². The second-order valence-corrected chi connectivity index (χ2v) is 10.1. The van der Waals surface area contributed by atoms with Gasteiger partial charge < -0.3 is 9.47 Å². The highest BCUT2D eigenvalue weighted by molar-refractivity contribution is 5.96. The number of fused-ring (bicyclic) bond motifs is 1. The van der Waals surface area contributed by atoms with E-state index in [1.807, 2.05) is 37.3 Å². The highest BCUT2D eigenvalue weighted by atomic mass is 16.5. The van der Waals surface area contributed by atoms with Gasteiger partial charge in [0.15, 0.2) is 0 Å². The first kappa shape index (κ1) is 26.2. The lowest BCUT2D eigenvalue weighted by atomic mass is 9.80. The molecule has 0 radical (unpaired) electrons. The normalized spacial score (nSPS) is 19.0. The minimum Gasteiger partial charge on any atom is -0.459 e. The molecule has 0 unspecified atom stereocenters. The van der Waals surface area contributed by atoms with Gasteiger partial charge in [-0.1, -0.05) is 64.5 Å². The minimum absolute atomic E-state index is 0.00896. The highest BCUT2D eigenvalue weighted by Gasteiger charge is 2.27. The lowest BCUT2D eigenvalue weighted by Gasteiger charge is -2.27. The fraction of sp³-hybridized carbons (Fsp3) is 0.600. The van der Waals surface area contributed by atoms with Crippen LogP contribution in [0.3, 0.4) is 0 Å². The van der Waals surface area contributed by atoms with Gasteiger partial charge in [0.1, 0.15) is 5.75 Å². The van der Waals surface area contributed by atoms with Crippen molar-refractivity contribution in [1.29, 1.82) is 0 Å². The van der Waals surface area contributed by atoms with Crippen LogP contribution in [0.4, 0.5) is 0 Å². The highest BCUT2D eigenvalue weighted by Crippen LogP contribution is 2.33. The molecular formula is C30H42O4. The quantitative estimate of drug-likeness (QED) is 0.179. The molecule has 2 aromatic carbocycles. The summed E-state index contributed by atoms with van der Waals surface area (Å²) >= 11 is 0. The van der Waals surface area contributed by atoms with Gasteiger partial charge in [0.05, 0.1) is 17.6 Å². The molecular weight excluding hydrogens is 424 g/mol. The van der Waals surface area contributed by atoms with Crippen LogP contribution in [0.5, 0.6) is 5.75 Å². The SMILES string of the molecule is CCCCCC[C@@H](C)OC(=O)c1ccc2cc(OC(=O)[C@H]3CC[C@H](CCCC)CC3)ccc2c1. The predicted octanol–water partition coefficient (Wildman–Crippen LogP) is 8.26. The van der Waals surface area contributed by atoms with Crippen molar-refractivity contribution in [2.45, 2.75) is 104 Å². The van der Waals surface area contributed by atoms with E-state index in [2.05, 4.69) is 13.8 Å². The summed E-state index contributed by atoms with van der Waals surface area (Å²) in [5.74, 6) is 0.960. The molecule has 4 nitrogen and oxygen atoms in total. The molecule has 0 spiro atoms. The molecule has 0 saturated heterocycles. The summed E-state index contributed by atoms with van der Waals surface area (Å²) in [6, 6.07) is 11.1. The Balaban J connectivity index is 1.53. The van der Waals surface area contributed by atoms with Crippen molar-refractivity contribution in [2.75, 3.05) is 0 Å². The first-order valence-electron chi connectivity index (χ1n) is 13.5. The molecule has 0 amide bonds. The summed E-state index contributed by atoms with van der Waals surface area (Å²) < 4.78 is 11.4. The van der Waals surface area contributed by atoms with E-state index in [9.17, 15) is 9.59 Å². The first-order chi connectivity index (χ1) is 16.5. The van der Waals surface area contributed by atoms with Crippen molar-refractivity contribution in [1.82, 2.24) is 0 Å². The number of carbonyl (C=O) groups excluding carboxylic acids is 2. The topological polar surface area (TPSA) is 52.6 Å². The Labute approximate surface area is 205 Å². The maximum Gasteiger partial charge on any atom is 0.338 e. The molecule has 186 valence electrons. The number of benzene rings is 2. The average molecular weight is 467 g/mol. The second-order valence-electron chi connectivity index (χ2n) is 10.1. The molecule has 0 bridgehead atoms. The van der Waals surface area contributed by atoms with E-state index < -0.39 is 0 Å². The molecule has 2 aromatic rings. The molecule has 1 fully saturated rings. The van der Waals surface area contributed by atoms with Crippen molar-refractivity contribution < 1.29 is 19.1 Å². The van der Waals surface area contributed by atoms with Crippen molar-refractivity contribution in [3.8, 4) is 5.75 Å². The van der Waals surface area contributed by atoms with Crippen molar-refractivity contribution >= 4 is 22.7 Å². The van der Waals surface area contributed by atoms with Gasteiger partial charge in [0.25, 0.3) is 0 Å². The zero-order valence-corrected chi connectivity index (χ0v) is 21.3. The molecule has 0 N–H and O–H groups in total. The average Bonchev–Trinajstić information content (AvgIpc) is 2.85. The van der Waals surface area contributed by atoms with E-state index in [1.165, 1.54) is 38.5 Å². The number of hydrogen-bond donors (Lipinski definition) is 0. The third-order valence-corrected chi connectivity index (χ3v) is 7.18. The van der Waals surface area contributed by atoms with Crippen LogP contribution in [0.15, 0.2) is 36.4 Å². The Morgan fingerprint density at radius 1 is 0.882 bits per heavy atom. The summed E-state index contributed by atoms with van der Waals surface area (Å²) in [5.41, 5.74) is 0.553. The standard InChI is InChI=1S/C30H42O4/c1-4-6-8-9-10-22(3)33-30(32)27-17-16-26-21-28(19-18-25(26)20-27)34-29(31)24-14-12-23(13-15-24)11-7-5-2/h16-24H,4-15H2,1-3H3/t22-,23-,24-/m1/s1. The first-order valence-corrected chi connectivity index (χ1v) is 13.5. The monoisotopic (exact) mass is 466 g/mol. The Bertz CT molecular complexity index is 927. The second kappa shape index (κ2) is 13.5. The van der Waals surface area contributed by atoms with Crippen LogP contribution in [0, 0.1) is 11.8 Å². The molecule has 1 aliphatic rings. The molecule has 1 saturated carbocycles. The largest absolute Gasteiger partial charge is 0.459 e. The van der Waals surface area contributed by atoms with Crippen LogP contribution in [0.25, 0.3) is 10.8 Å². The van der Waals surface area contributed by atoms with Gasteiger partial charge in [0.2, 0.25) is 0 Å². The third-order valence-electron chi connectivity index (χ3n) is 7.18. The minimum atomic E-state index is -0.282. The molecule has 0 aromatic heterocycles. The smallest absolute Gasteiger partial charge is 0.338 e. The van der Waals surface area contributed by atoms with E-state index in [-0.39, 0.29) is 24.0 Å². The number of esters is 2. The number of ether oxygens (including phenoxy) is 2. The van der Waals surface area contributed by atoms with Crippen LogP contribution < -0.4 is 4.74 Å². The van der Waals surface area contributed by atoms with Crippen LogP contribution in [-0.4, -0.2) is 18.0 Å². The fourth-order valence-corrected chi connectivity index (χ4v) is 4.96. The lowest BCUT2D eigenvalue weighted by Crippen LogP contribution is -2.25. The molecule has 1 aliphatic carbocycles. The summed E-state index contributed by atoms with van der Waals surface area (Å²) in [5, 5.41) is 1.87. The number of unbranched alkanes of at least 4 members (excludes halogenated alkanes) is 4.